The largest absolute Gasteiger partial charge is 0.490 e. The summed E-state index contributed by atoms with van der Waals surface area (Å²) in [6.07, 6.45) is 2.91. The third-order valence-electron chi connectivity index (χ3n) is 3.23. The van der Waals surface area contributed by atoms with Gasteiger partial charge in [0.05, 0.1) is 13.2 Å². The molecule has 24 heavy (non-hydrogen) atoms. The summed E-state index contributed by atoms with van der Waals surface area (Å²) in [5.74, 6) is -0.455. The van der Waals surface area contributed by atoms with Crippen LogP contribution in [0.2, 0.25) is 0 Å². The predicted octanol–water partition coefficient (Wildman–Crippen LogP) is 2.72. The zero-order chi connectivity index (χ0) is 18.1. The second kappa shape index (κ2) is 9.60. The lowest BCUT2D eigenvalue weighted by atomic mass is 10.0. The van der Waals surface area contributed by atoms with Gasteiger partial charge in [-0.25, -0.2) is 4.79 Å². The molecule has 1 aromatic rings. The Morgan fingerprint density at radius 1 is 1.17 bits per heavy atom. The van der Waals surface area contributed by atoms with Crippen molar-refractivity contribution in [2.75, 3.05) is 13.2 Å². The van der Waals surface area contributed by atoms with Crippen molar-refractivity contribution < 1.29 is 24.2 Å². The summed E-state index contributed by atoms with van der Waals surface area (Å²) in [4.78, 5) is 23.0. The number of carboxylic acid groups (broad SMARTS) is 1. The second-order valence-corrected chi connectivity index (χ2v) is 5.47. The highest BCUT2D eigenvalue weighted by Crippen LogP contribution is 2.28. The van der Waals surface area contributed by atoms with E-state index >= 15 is 0 Å². The number of aliphatic carboxylic acids is 1. The van der Waals surface area contributed by atoms with Crippen LogP contribution < -0.4 is 14.8 Å². The number of nitrogens with one attached hydrogen (secondary N) is 1. The Morgan fingerprint density at radius 2 is 1.79 bits per heavy atom. The van der Waals surface area contributed by atoms with E-state index in [9.17, 15) is 9.59 Å². The summed E-state index contributed by atoms with van der Waals surface area (Å²) in [5.41, 5.74) is 0.758. The van der Waals surface area contributed by atoms with Gasteiger partial charge in [0, 0.05) is 6.08 Å². The van der Waals surface area contributed by atoms with Gasteiger partial charge in [0.2, 0.25) is 5.91 Å². The molecule has 6 heteroatoms. The van der Waals surface area contributed by atoms with Crippen LogP contribution in [0.25, 0.3) is 6.08 Å². The molecule has 2 N–H and O–H groups in total. The van der Waals surface area contributed by atoms with Crippen molar-refractivity contribution in [3.05, 3.63) is 29.8 Å². The molecule has 0 unspecified atom stereocenters. The van der Waals surface area contributed by atoms with Crippen LogP contribution in [0.15, 0.2) is 24.3 Å². The number of hydrogen-bond acceptors (Lipinski definition) is 4. The molecule has 6 nitrogen and oxygen atoms in total. The van der Waals surface area contributed by atoms with E-state index in [0.29, 0.717) is 24.7 Å². The van der Waals surface area contributed by atoms with Crippen molar-refractivity contribution in [2.45, 2.75) is 33.7 Å². The van der Waals surface area contributed by atoms with Crippen LogP contribution in [0.5, 0.6) is 11.5 Å². The molecule has 0 aromatic heterocycles. The second-order valence-electron chi connectivity index (χ2n) is 5.47. The molecule has 0 aliphatic heterocycles. The van der Waals surface area contributed by atoms with Crippen molar-refractivity contribution in [1.29, 1.82) is 0 Å². The number of carbonyl (C=O) groups is 2. The van der Waals surface area contributed by atoms with Crippen LogP contribution in [0.4, 0.5) is 0 Å². The van der Waals surface area contributed by atoms with Crippen LogP contribution in [-0.2, 0) is 9.59 Å². The van der Waals surface area contributed by atoms with Crippen LogP contribution in [0, 0.1) is 5.92 Å². The average Bonchev–Trinajstić information content (AvgIpc) is 2.52. The Labute approximate surface area is 142 Å². The summed E-state index contributed by atoms with van der Waals surface area (Å²) in [6.45, 7) is 8.28. The van der Waals surface area contributed by atoms with E-state index in [2.05, 4.69) is 5.32 Å². The third-order valence-corrected chi connectivity index (χ3v) is 3.23. The lowest BCUT2D eigenvalue weighted by molar-refractivity contribution is -0.142. The van der Waals surface area contributed by atoms with Crippen LogP contribution in [0.1, 0.15) is 33.3 Å². The van der Waals surface area contributed by atoms with Gasteiger partial charge in [0.15, 0.2) is 11.5 Å². The monoisotopic (exact) mass is 335 g/mol. The molecule has 0 saturated heterocycles. The number of carboxylic acids is 1. The van der Waals surface area contributed by atoms with Gasteiger partial charge in [-0.05, 0) is 43.5 Å². The molecule has 0 radical (unpaired) electrons. The van der Waals surface area contributed by atoms with Gasteiger partial charge in [-0.2, -0.15) is 0 Å². The predicted molar refractivity (Wildman–Crippen MR) is 92.2 cm³/mol. The number of hydrogen-bond donors (Lipinski definition) is 2. The molecule has 132 valence electrons. The van der Waals surface area contributed by atoms with E-state index in [4.69, 9.17) is 14.6 Å². The normalized spacial score (nSPS) is 12.2. The van der Waals surface area contributed by atoms with Crippen LogP contribution in [0.3, 0.4) is 0 Å². The van der Waals surface area contributed by atoms with Crippen molar-refractivity contribution in [3.8, 4) is 11.5 Å². The van der Waals surface area contributed by atoms with Crippen molar-refractivity contribution in [3.63, 3.8) is 0 Å². The van der Waals surface area contributed by atoms with Crippen molar-refractivity contribution in [1.82, 2.24) is 5.32 Å². The fourth-order valence-corrected chi connectivity index (χ4v) is 2.06. The Kier molecular flexibility index (Phi) is 7.82. The number of ether oxygens (including phenoxy) is 2. The minimum Gasteiger partial charge on any atom is -0.490 e. The number of amides is 1. The Morgan fingerprint density at radius 3 is 2.33 bits per heavy atom. The van der Waals surface area contributed by atoms with E-state index in [-0.39, 0.29) is 5.92 Å². The molecular formula is C18H25NO5. The summed E-state index contributed by atoms with van der Waals surface area (Å²) >= 11 is 0. The molecule has 0 heterocycles. The van der Waals surface area contributed by atoms with E-state index in [1.54, 1.807) is 38.1 Å². The van der Waals surface area contributed by atoms with Gasteiger partial charge in [-0.3, -0.25) is 4.79 Å². The highest BCUT2D eigenvalue weighted by atomic mass is 16.5. The molecule has 0 saturated carbocycles. The van der Waals surface area contributed by atoms with Crippen molar-refractivity contribution in [2.24, 2.45) is 5.92 Å². The van der Waals surface area contributed by atoms with Gasteiger partial charge in [-0.1, -0.05) is 19.9 Å². The minimum absolute atomic E-state index is 0.199. The quantitative estimate of drug-likeness (QED) is 0.678. The van der Waals surface area contributed by atoms with Gasteiger partial charge in [-0.15, -0.1) is 0 Å². The number of rotatable bonds is 9. The van der Waals surface area contributed by atoms with Crippen LogP contribution in [-0.4, -0.2) is 36.2 Å². The van der Waals surface area contributed by atoms with Gasteiger partial charge in [0.25, 0.3) is 0 Å². The maximum absolute atomic E-state index is 11.9. The maximum Gasteiger partial charge on any atom is 0.326 e. The highest BCUT2D eigenvalue weighted by Gasteiger charge is 2.22. The first-order chi connectivity index (χ1) is 11.4. The highest BCUT2D eigenvalue weighted by molar-refractivity contribution is 5.94. The molecule has 0 aliphatic rings. The first-order valence-corrected chi connectivity index (χ1v) is 8.00. The summed E-state index contributed by atoms with van der Waals surface area (Å²) in [5, 5.41) is 11.6. The number of carbonyl (C=O) groups excluding carboxylic acids is 1. The Hall–Kier alpha value is -2.50. The molecule has 0 bridgehead atoms. The lowest BCUT2D eigenvalue weighted by Gasteiger charge is -2.16. The van der Waals surface area contributed by atoms with Gasteiger partial charge >= 0.3 is 5.97 Å². The minimum atomic E-state index is -1.05. The van der Waals surface area contributed by atoms with Crippen molar-refractivity contribution >= 4 is 18.0 Å². The topological polar surface area (TPSA) is 84.9 Å². The zero-order valence-corrected chi connectivity index (χ0v) is 14.5. The molecule has 0 aliphatic carbocycles. The first-order valence-electron chi connectivity index (χ1n) is 8.00. The standard InChI is InChI=1S/C18H25NO5/c1-5-23-14-9-7-13(11-15(14)24-6-2)8-10-16(20)19-17(12(3)4)18(21)22/h7-12,17H,5-6H2,1-4H3,(H,19,20)(H,21,22)/b10-8+/t17-/m1/s1. The fourth-order valence-electron chi connectivity index (χ4n) is 2.06. The average molecular weight is 335 g/mol. The van der Waals surface area contributed by atoms with Gasteiger partial charge in [0.1, 0.15) is 6.04 Å². The molecular weight excluding hydrogens is 310 g/mol. The third kappa shape index (κ3) is 5.95. The smallest absolute Gasteiger partial charge is 0.326 e. The van der Waals surface area contributed by atoms with E-state index in [0.717, 1.165) is 5.56 Å². The molecule has 1 atom stereocenters. The summed E-state index contributed by atoms with van der Waals surface area (Å²) in [6, 6.07) is 4.44. The summed E-state index contributed by atoms with van der Waals surface area (Å²) in [7, 11) is 0. The maximum atomic E-state index is 11.9. The molecule has 1 rings (SSSR count). The Bertz CT molecular complexity index is 595. The van der Waals surface area contributed by atoms with E-state index < -0.39 is 17.9 Å². The fraction of sp³-hybridized carbons (Fsp3) is 0.444. The summed E-state index contributed by atoms with van der Waals surface area (Å²) < 4.78 is 11.0. The molecule has 1 aromatic carbocycles. The van der Waals surface area contributed by atoms with E-state index in [1.165, 1.54) is 6.08 Å². The van der Waals surface area contributed by atoms with E-state index in [1.807, 2.05) is 13.8 Å². The molecule has 0 fully saturated rings. The first kappa shape index (κ1) is 19.5. The van der Waals surface area contributed by atoms with Crippen LogP contribution >= 0.6 is 0 Å². The zero-order valence-electron chi connectivity index (χ0n) is 14.5. The molecule has 1 amide bonds. The number of benzene rings is 1. The molecule has 0 spiro atoms. The SMILES string of the molecule is CCOc1ccc(/C=C/C(=O)N[C@@H](C(=O)O)C(C)C)cc1OCC. The Balaban J connectivity index is 2.83. The lowest BCUT2D eigenvalue weighted by Crippen LogP contribution is -2.43. The van der Waals surface area contributed by atoms with Gasteiger partial charge < -0.3 is 19.9 Å².